The largest absolute Gasteiger partial charge is 1.00 e. The van der Waals surface area contributed by atoms with E-state index in [2.05, 4.69) is 6.92 Å². The van der Waals surface area contributed by atoms with Gasteiger partial charge in [-0.05, 0) is 24.5 Å². The Morgan fingerprint density at radius 2 is 0.652 bits per heavy atom. The summed E-state index contributed by atoms with van der Waals surface area (Å²) in [6.07, 6.45) is 46.9. The summed E-state index contributed by atoms with van der Waals surface area (Å²) in [7, 11) is -4.37. The molecule has 0 bridgehead atoms. The first kappa shape index (κ1) is 46.1. The van der Waals surface area contributed by atoms with Crippen molar-refractivity contribution in [1.29, 1.82) is 0 Å². The second-order valence-corrected chi connectivity index (χ2v) is 15.5. The SMILES string of the molecule is CCCCCCCCCCCCCCCCCCCCCCCCCCCCCCCCCCCc1ccccc1S(=O)(=O)[O-].[Na+]. The van der Waals surface area contributed by atoms with Crippen molar-refractivity contribution >= 4 is 10.1 Å². The molecule has 0 heterocycles. The maximum atomic E-state index is 11.4. The van der Waals surface area contributed by atoms with E-state index in [1.165, 1.54) is 205 Å². The fourth-order valence-corrected chi connectivity index (χ4v) is 7.56. The van der Waals surface area contributed by atoms with Crippen LogP contribution in [0.1, 0.15) is 224 Å². The molecular formula is C41H75NaO3S. The molecule has 0 amide bonds. The zero-order chi connectivity index (χ0) is 32.5. The third kappa shape index (κ3) is 30.2. The number of benzene rings is 1. The van der Waals surface area contributed by atoms with Crippen molar-refractivity contribution in [3.05, 3.63) is 29.8 Å². The first-order valence-electron chi connectivity index (χ1n) is 20.1. The van der Waals surface area contributed by atoms with Crippen LogP contribution in [-0.4, -0.2) is 13.0 Å². The van der Waals surface area contributed by atoms with Crippen LogP contribution >= 0.6 is 0 Å². The number of unbranched alkanes of at least 4 members (excludes halogenated alkanes) is 32. The minimum Gasteiger partial charge on any atom is -0.744 e. The Hall–Kier alpha value is 0.130. The second-order valence-electron chi connectivity index (χ2n) is 14.1. The Balaban J connectivity index is 0.0000202. The van der Waals surface area contributed by atoms with E-state index in [9.17, 15) is 13.0 Å². The van der Waals surface area contributed by atoms with E-state index in [-0.39, 0.29) is 34.5 Å². The van der Waals surface area contributed by atoms with Crippen molar-refractivity contribution in [2.75, 3.05) is 0 Å². The van der Waals surface area contributed by atoms with Crippen molar-refractivity contribution in [3.63, 3.8) is 0 Å². The zero-order valence-electron chi connectivity index (χ0n) is 31.0. The topological polar surface area (TPSA) is 57.2 Å². The van der Waals surface area contributed by atoms with Crippen LogP contribution in [0.5, 0.6) is 0 Å². The van der Waals surface area contributed by atoms with Crippen molar-refractivity contribution in [2.24, 2.45) is 0 Å². The predicted octanol–water partition coefficient (Wildman–Crippen LogP) is 11.0. The molecule has 0 saturated carbocycles. The maximum Gasteiger partial charge on any atom is 1.00 e. The molecule has 1 aromatic rings. The van der Waals surface area contributed by atoms with Gasteiger partial charge in [0.1, 0.15) is 10.1 Å². The number of hydrogen-bond donors (Lipinski definition) is 0. The van der Waals surface area contributed by atoms with Crippen LogP contribution in [0, 0.1) is 0 Å². The summed E-state index contributed by atoms with van der Waals surface area (Å²) >= 11 is 0. The van der Waals surface area contributed by atoms with Crippen molar-refractivity contribution in [1.82, 2.24) is 0 Å². The number of aryl methyl sites for hydroxylation is 1. The molecule has 264 valence electrons. The van der Waals surface area contributed by atoms with Crippen LogP contribution in [-0.2, 0) is 16.5 Å². The Morgan fingerprint density at radius 1 is 0.413 bits per heavy atom. The van der Waals surface area contributed by atoms with Gasteiger partial charge in [-0.2, -0.15) is 0 Å². The number of rotatable bonds is 35. The molecule has 5 heteroatoms. The molecule has 1 rings (SSSR count). The van der Waals surface area contributed by atoms with Gasteiger partial charge in [-0.1, -0.05) is 231 Å². The van der Waals surface area contributed by atoms with E-state index in [4.69, 9.17) is 0 Å². The molecule has 1 aromatic carbocycles. The van der Waals surface area contributed by atoms with Crippen LogP contribution in [0.4, 0.5) is 0 Å². The van der Waals surface area contributed by atoms with Gasteiger partial charge in [-0.3, -0.25) is 0 Å². The van der Waals surface area contributed by atoms with Crippen molar-refractivity contribution in [2.45, 2.75) is 230 Å². The van der Waals surface area contributed by atoms with Gasteiger partial charge in [-0.15, -0.1) is 0 Å². The third-order valence-corrected chi connectivity index (χ3v) is 10.7. The molecule has 0 radical (unpaired) electrons. The average molecular weight is 671 g/mol. The Labute approximate surface area is 310 Å². The van der Waals surface area contributed by atoms with E-state index in [1.54, 1.807) is 12.1 Å². The van der Waals surface area contributed by atoms with Crippen LogP contribution in [0.15, 0.2) is 29.2 Å². The van der Waals surface area contributed by atoms with Gasteiger partial charge < -0.3 is 4.55 Å². The van der Waals surface area contributed by atoms with Crippen LogP contribution in [0.25, 0.3) is 0 Å². The molecule has 0 aliphatic carbocycles. The summed E-state index contributed by atoms with van der Waals surface area (Å²) in [5.74, 6) is 0. The summed E-state index contributed by atoms with van der Waals surface area (Å²) in [5.41, 5.74) is 0.674. The van der Waals surface area contributed by atoms with Crippen molar-refractivity contribution < 1.29 is 42.5 Å². The quantitative estimate of drug-likeness (QED) is 0.0410. The molecule has 0 fully saturated rings. The first-order chi connectivity index (χ1) is 22.1. The fourth-order valence-electron chi connectivity index (χ4n) is 6.82. The minimum absolute atomic E-state index is 0. The van der Waals surface area contributed by atoms with Gasteiger partial charge in [0, 0.05) is 0 Å². The Morgan fingerprint density at radius 3 is 0.913 bits per heavy atom. The smallest absolute Gasteiger partial charge is 0.744 e. The first-order valence-corrected chi connectivity index (χ1v) is 21.5. The van der Waals surface area contributed by atoms with Gasteiger partial charge in [0.2, 0.25) is 0 Å². The summed E-state index contributed by atoms with van der Waals surface area (Å²) in [6, 6.07) is 6.64. The summed E-state index contributed by atoms with van der Waals surface area (Å²) in [5, 5.41) is 0. The van der Waals surface area contributed by atoms with Gasteiger partial charge >= 0.3 is 29.6 Å². The van der Waals surface area contributed by atoms with Crippen LogP contribution in [0.2, 0.25) is 0 Å². The van der Waals surface area contributed by atoms with E-state index >= 15 is 0 Å². The maximum absolute atomic E-state index is 11.4. The molecule has 0 N–H and O–H groups in total. The summed E-state index contributed by atoms with van der Waals surface area (Å²) < 4.78 is 34.1. The van der Waals surface area contributed by atoms with Gasteiger partial charge in [0.15, 0.2) is 0 Å². The van der Waals surface area contributed by atoms with Gasteiger partial charge in [0.05, 0.1) is 4.90 Å². The molecule has 0 aromatic heterocycles. The van der Waals surface area contributed by atoms with Crippen LogP contribution < -0.4 is 29.6 Å². The van der Waals surface area contributed by atoms with Gasteiger partial charge in [-0.25, -0.2) is 8.42 Å². The average Bonchev–Trinajstić information content (AvgIpc) is 3.03. The third-order valence-electron chi connectivity index (χ3n) is 9.79. The molecule has 3 nitrogen and oxygen atoms in total. The summed E-state index contributed by atoms with van der Waals surface area (Å²) in [6.45, 7) is 2.30. The zero-order valence-corrected chi connectivity index (χ0v) is 33.8. The Kier molecular flexibility index (Phi) is 35.1. The minimum atomic E-state index is -4.37. The molecular weight excluding hydrogens is 596 g/mol. The van der Waals surface area contributed by atoms with E-state index < -0.39 is 10.1 Å². The Bertz CT molecular complexity index is 857. The van der Waals surface area contributed by atoms with E-state index in [1.807, 2.05) is 6.07 Å². The van der Waals surface area contributed by atoms with E-state index in [0.717, 1.165) is 12.8 Å². The molecule has 0 aliphatic rings. The standard InChI is InChI=1S/C41H76O3S.Na/c1-2-3-4-5-6-7-8-9-10-11-12-13-14-15-16-17-18-19-20-21-22-23-24-25-26-27-28-29-30-31-32-33-34-37-40-38-35-36-39-41(40)45(42,43)44;/h35-36,38-39H,2-34,37H2,1H3,(H,42,43,44);/q;+1/p-1. The normalized spacial score (nSPS) is 11.6. The molecule has 0 atom stereocenters. The molecule has 0 spiro atoms. The van der Waals surface area contributed by atoms with Gasteiger partial charge in [0.25, 0.3) is 0 Å². The monoisotopic (exact) mass is 671 g/mol. The molecule has 0 unspecified atom stereocenters. The number of hydrogen-bond acceptors (Lipinski definition) is 3. The van der Waals surface area contributed by atoms with Crippen LogP contribution in [0.3, 0.4) is 0 Å². The molecule has 46 heavy (non-hydrogen) atoms. The van der Waals surface area contributed by atoms with Crippen molar-refractivity contribution in [3.8, 4) is 0 Å². The predicted molar refractivity (Wildman–Crippen MR) is 196 cm³/mol. The molecule has 0 aliphatic heterocycles. The van der Waals surface area contributed by atoms with E-state index in [0.29, 0.717) is 12.0 Å². The fraction of sp³-hybridized carbons (Fsp3) is 0.854. The molecule has 0 saturated heterocycles. The summed E-state index contributed by atoms with van der Waals surface area (Å²) in [4.78, 5) is -0.0408. The second kappa shape index (κ2) is 35.0.